The zero-order chi connectivity index (χ0) is 10.7. The van der Waals surface area contributed by atoms with Crippen LogP contribution in [-0.4, -0.2) is 6.54 Å². The van der Waals surface area contributed by atoms with E-state index in [9.17, 15) is 17.6 Å². The molecule has 0 aliphatic rings. The topological polar surface area (TPSA) is 4.36 Å². The lowest BCUT2D eigenvalue weighted by Crippen LogP contribution is -2.02. The van der Waals surface area contributed by atoms with E-state index in [-0.39, 0.29) is 18.5 Å². The molecule has 0 saturated carbocycles. The van der Waals surface area contributed by atoms with E-state index in [0.717, 1.165) is 0 Å². The SMILES string of the molecule is [C-]#[N+]CCc1cc(F)c(F)c(F)c1F. The van der Waals surface area contributed by atoms with Gasteiger partial charge in [0.15, 0.2) is 23.3 Å². The summed E-state index contributed by atoms with van der Waals surface area (Å²) in [7, 11) is 0. The highest BCUT2D eigenvalue weighted by Gasteiger charge is 2.18. The van der Waals surface area contributed by atoms with Crippen molar-refractivity contribution in [2.45, 2.75) is 6.42 Å². The third-order valence-corrected chi connectivity index (χ3v) is 1.67. The van der Waals surface area contributed by atoms with E-state index in [4.69, 9.17) is 6.57 Å². The molecule has 0 unspecified atom stereocenters. The van der Waals surface area contributed by atoms with Crippen LogP contribution in [0.25, 0.3) is 4.85 Å². The first-order chi connectivity index (χ1) is 6.57. The van der Waals surface area contributed by atoms with Crippen molar-refractivity contribution < 1.29 is 17.6 Å². The van der Waals surface area contributed by atoms with Crippen molar-refractivity contribution >= 4 is 0 Å². The molecule has 0 bridgehead atoms. The Morgan fingerprint density at radius 2 is 1.71 bits per heavy atom. The lowest BCUT2D eigenvalue weighted by atomic mass is 10.1. The number of halogens is 4. The maximum absolute atomic E-state index is 12.9. The average Bonchev–Trinajstić information content (AvgIpc) is 2.18. The Bertz CT molecular complexity index is 395. The molecular weight excluding hydrogens is 198 g/mol. The molecular formula is C9H5F4N. The molecule has 5 heteroatoms. The minimum atomic E-state index is -1.83. The van der Waals surface area contributed by atoms with Gasteiger partial charge in [-0.15, -0.1) is 0 Å². The van der Waals surface area contributed by atoms with E-state index >= 15 is 0 Å². The van der Waals surface area contributed by atoms with E-state index < -0.39 is 23.3 Å². The van der Waals surface area contributed by atoms with Crippen LogP contribution >= 0.6 is 0 Å². The molecule has 0 amide bonds. The van der Waals surface area contributed by atoms with Crippen molar-refractivity contribution in [3.05, 3.63) is 46.3 Å². The van der Waals surface area contributed by atoms with Crippen LogP contribution in [0.15, 0.2) is 6.07 Å². The molecule has 0 aromatic heterocycles. The molecule has 0 atom stereocenters. The first-order valence-electron chi connectivity index (χ1n) is 3.73. The fourth-order valence-corrected chi connectivity index (χ4v) is 0.980. The van der Waals surface area contributed by atoms with Crippen molar-refractivity contribution in [2.24, 2.45) is 0 Å². The number of benzene rings is 1. The first kappa shape index (κ1) is 10.5. The minimum absolute atomic E-state index is 0.0958. The van der Waals surface area contributed by atoms with Gasteiger partial charge in [-0.3, -0.25) is 0 Å². The van der Waals surface area contributed by atoms with Crippen molar-refractivity contribution in [1.29, 1.82) is 0 Å². The summed E-state index contributed by atoms with van der Waals surface area (Å²) in [6.07, 6.45) is -0.135. The predicted molar refractivity (Wildman–Crippen MR) is 41.4 cm³/mol. The molecule has 0 fully saturated rings. The highest BCUT2D eigenvalue weighted by molar-refractivity contribution is 5.22. The van der Waals surface area contributed by atoms with E-state index in [1.165, 1.54) is 0 Å². The first-order valence-corrected chi connectivity index (χ1v) is 3.73. The summed E-state index contributed by atoms with van der Waals surface area (Å²) in [6.45, 7) is 6.32. The maximum atomic E-state index is 12.9. The van der Waals surface area contributed by atoms with Crippen LogP contribution in [0.3, 0.4) is 0 Å². The zero-order valence-electron chi connectivity index (χ0n) is 6.95. The number of rotatable bonds is 2. The predicted octanol–water partition coefficient (Wildman–Crippen LogP) is 2.70. The minimum Gasteiger partial charge on any atom is -0.317 e. The van der Waals surface area contributed by atoms with Gasteiger partial charge < -0.3 is 4.85 Å². The summed E-state index contributed by atoms with van der Waals surface area (Å²) < 4.78 is 50.5. The Balaban J connectivity index is 3.14. The van der Waals surface area contributed by atoms with Gasteiger partial charge >= 0.3 is 0 Å². The van der Waals surface area contributed by atoms with Gasteiger partial charge in [-0.1, -0.05) is 0 Å². The summed E-state index contributed by atoms with van der Waals surface area (Å²) >= 11 is 0. The van der Waals surface area contributed by atoms with Gasteiger partial charge in [0.05, 0.1) is 0 Å². The number of hydrogen-bond acceptors (Lipinski definition) is 0. The van der Waals surface area contributed by atoms with Gasteiger partial charge in [-0.2, -0.15) is 0 Å². The highest BCUT2D eigenvalue weighted by atomic mass is 19.2. The van der Waals surface area contributed by atoms with E-state index in [2.05, 4.69) is 4.85 Å². The van der Waals surface area contributed by atoms with Gasteiger partial charge in [0, 0.05) is 12.0 Å². The van der Waals surface area contributed by atoms with Crippen molar-refractivity contribution in [3.8, 4) is 0 Å². The Labute approximate surface area is 77.8 Å². The van der Waals surface area contributed by atoms with E-state index in [0.29, 0.717) is 6.07 Å². The summed E-state index contributed by atoms with van der Waals surface area (Å²) in [4.78, 5) is 2.90. The smallest absolute Gasteiger partial charge is 0.218 e. The quantitative estimate of drug-likeness (QED) is 0.301. The standard InChI is InChI=1S/C9H5F4N/c1-14-3-2-5-4-6(10)8(12)9(13)7(5)11/h4H,2-3H2. The Kier molecular flexibility index (Phi) is 3.07. The monoisotopic (exact) mass is 203 g/mol. The van der Waals surface area contributed by atoms with Gasteiger partial charge in [0.2, 0.25) is 6.54 Å². The molecule has 1 aromatic carbocycles. The lowest BCUT2D eigenvalue weighted by Gasteiger charge is -2.02. The van der Waals surface area contributed by atoms with Crippen LogP contribution in [0.4, 0.5) is 17.6 Å². The van der Waals surface area contributed by atoms with Crippen LogP contribution < -0.4 is 0 Å². The Morgan fingerprint density at radius 3 is 2.29 bits per heavy atom. The van der Waals surface area contributed by atoms with Crippen LogP contribution in [0.5, 0.6) is 0 Å². The zero-order valence-corrected chi connectivity index (χ0v) is 6.95. The van der Waals surface area contributed by atoms with Crippen LogP contribution in [0.2, 0.25) is 0 Å². The molecule has 1 nitrogen and oxygen atoms in total. The second-order valence-corrected chi connectivity index (χ2v) is 2.59. The molecule has 74 valence electrons. The molecule has 0 aliphatic carbocycles. The molecule has 0 spiro atoms. The number of hydrogen-bond donors (Lipinski definition) is 0. The van der Waals surface area contributed by atoms with Gasteiger partial charge in [-0.25, -0.2) is 24.1 Å². The van der Waals surface area contributed by atoms with E-state index in [1.807, 2.05) is 0 Å². The highest BCUT2D eigenvalue weighted by Crippen LogP contribution is 2.18. The maximum Gasteiger partial charge on any atom is 0.218 e. The molecule has 0 saturated heterocycles. The Morgan fingerprint density at radius 1 is 1.07 bits per heavy atom. The third kappa shape index (κ3) is 1.84. The summed E-state index contributed by atoms with van der Waals surface area (Å²) in [5.41, 5.74) is -0.322. The molecule has 1 aromatic rings. The molecule has 0 aliphatic heterocycles. The second-order valence-electron chi connectivity index (χ2n) is 2.59. The Hall–Kier alpha value is -1.57. The van der Waals surface area contributed by atoms with Gasteiger partial charge in [0.25, 0.3) is 0 Å². The summed E-state index contributed by atoms with van der Waals surface area (Å²) in [5, 5.41) is 0. The molecule has 1 rings (SSSR count). The van der Waals surface area contributed by atoms with Crippen molar-refractivity contribution in [2.75, 3.05) is 6.54 Å². The van der Waals surface area contributed by atoms with Crippen molar-refractivity contribution in [1.82, 2.24) is 0 Å². The second kappa shape index (κ2) is 4.09. The molecule has 0 radical (unpaired) electrons. The largest absolute Gasteiger partial charge is 0.317 e. The average molecular weight is 203 g/mol. The van der Waals surface area contributed by atoms with Crippen molar-refractivity contribution in [3.63, 3.8) is 0 Å². The molecule has 14 heavy (non-hydrogen) atoms. The summed E-state index contributed by atoms with van der Waals surface area (Å²) in [5.74, 6) is -6.52. The summed E-state index contributed by atoms with van der Waals surface area (Å²) in [6, 6.07) is 0.568. The van der Waals surface area contributed by atoms with Crippen LogP contribution in [0, 0.1) is 29.8 Å². The fraction of sp³-hybridized carbons (Fsp3) is 0.222. The van der Waals surface area contributed by atoms with Gasteiger partial charge in [0.1, 0.15) is 0 Å². The molecule has 0 heterocycles. The number of nitrogens with zero attached hydrogens (tertiary/aromatic N) is 1. The molecule has 0 N–H and O–H groups in total. The van der Waals surface area contributed by atoms with Gasteiger partial charge in [-0.05, 0) is 6.07 Å². The van der Waals surface area contributed by atoms with Crippen LogP contribution in [-0.2, 0) is 6.42 Å². The third-order valence-electron chi connectivity index (χ3n) is 1.67. The van der Waals surface area contributed by atoms with E-state index in [1.54, 1.807) is 0 Å². The fourth-order valence-electron chi connectivity index (χ4n) is 0.980. The normalized spacial score (nSPS) is 9.93. The van der Waals surface area contributed by atoms with Crippen LogP contribution in [0.1, 0.15) is 5.56 Å². The lowest BCUT2D eigenvalue weighted by molar-refractivity contribution is 0.404.